The fraction of sp³-hybridized carbons (Fsp3) is 0.364. The summed E-state index contributed by atoms with van der Waals surface area (Å²) in [6, 6.07) is 2.22. The van der Waals surface area contributed by atoms with Gasteiger partial charge in [0.1, 0.15) is 16.5 Å². The molecule has 1 unspecified atom stereocenters. The summed E-state index contributed by atoms with van der Waals surface area (Å²) in [5, 5.41) is 18.1. The van der Waals surface area contributed by atoms with Crippen LogP contribution in [0.25, 0.3) is 0 Å². The first-order valence-electron chi connectivity index (χ1n) is 5.07. The zero-order valence-corrected chi connectivity index (χ0v) is 10.7. The molecule has 0 heterocycles. The van der Waals surface area contributed by atoms with Gasteiger partial charge in [0.2, 0.25) is 0 Å². The molecule has 0 fully saturated rings. The molecule has 0 aliphatic heterocycles. The van der Waals surface area contributed by atoms with E-state index in [1.807, 2.05) is 0 Å². The van der Waals surface area contributed by atoms with Crippen LogP contribution in [-0.4, -0.2) is 30.9 Å². The van der Waals surface area contributed by atoms with Gasteiger partial charge in [0.05, 0.1) is 5.92 Å². The van der Waals surface area contributed by atoms with Crippen LogP contribution in [0.2, 0.25) is 0 Å². The Labute approximate surface area is 104 Å². The first-order valence-corrected chi connectivity index (χ1v) is 6.97. The van der Waals surface area contributed by atoms with Crippen molar-refractivity contribution in [3.8, 4) is 5.75 Å². The van der Waals surface area contributed by atoms with Crippen molar-refractivity contribution in [2.45, 2.75) is 18.2 Å². The average molecular weight is 276 g/mol. The number of benzene rings is 1. The second-order valence-corrected chi connectivity index (χ2v) is 6.06. The molecule has 1 aromatic carbocycles. The van der Waals surface area contributed by atoms with Crippen LogP contribution in [0.15, 0.2) is 17.0 Å². The van der Waals surface area contributed by atoms with Crippen molar-refractivity contribution < 1.29 is 27.8 Å². The molecule has 0 bridgehead atoms. The molecule has 0 aliphatic rings. The molecule has 1 rings (SSSR count). The fourth-order valence-electron chi connectivity index (χ4n) is 1.51. The van der Waals surface area contributed by atoms with Crippen molar-refractivity contribution in [3.63, 3.8) is 0 Å². The molecule has 0 spiro atoms. The summed E-state index contributed by atoms with van der Waals surface area (Å²) in [5.41, 5.74) is -0.0527. The monoisotopic (exact) mass is 276 g/mol. The molecule has 0 saturated carbocycles. The largest absolute Gasteiger partial charge is 0.506 e. The zero-order valence-electron chi connectivity index (χ0n) is 9.84. The Morgan fingerprint density at radius 1 is 1.44 bits per heavy atom. The maximum Gasteiger partial charge on any atom is 0.306 e. The summed E-state index contributed by atoms with van der Waals surface area (Å²) in [7, 11) is -3.92. The molecule has 5 nitrogen and oxygen atoms in total. The molecule has 100 valence electrons. The van der Waals surface area contributed by atoms with Crippen molar-refractivity contribution in [2.24, 2.45) is 5.92 Å². The van der Waals surface area contributed by atoms with E-state index in [2.05, 4.69) is 0 Å². The van der Waals surface area contributed by atoms with E-state index in [9.17, 15) is 22.7 Å². The Balaban J connectivity index is 3.30. The van der Waals surface area contributed by atoms with Crippen LogP contribution in [-0.2, 0) is 21.1 Å². The summed E-state index contributed by atoms with van der Waals surface area (Å²) in [5.74, 6) is -3.73. The third-order valence-electron chi connectivity index (χ3n) is 2.47. The predicted octanol–water partition coefficient (Wildman–Crippen LogP) is 1.20. The Morgan fingerprint density at radius 2 is 2.00 bits per heavy atom. The van der Waals surface area contributed by atoms with Crippen LogP contribution in [0.1, 0.15) is 12.5 Å². The molecule has 18 heavy (non-hydrogen) atoms. The van der Waals surface area contributed by atoms with E-state index in [1.165, 1.54) is 13.0 Å². The van der Waals surface area contributed by atoms with Crippen molar-refractivity contribution in [2.75, 3.05) is 6.26 Å². The number of carboxylic acid groups (broad SMARTS) is 1. The molecule has 7 heteroatoms. The van der Waals surface area contributed by atoms with E-state index >= 15 is 0 Å². The normalized spacial score (nSPS) is 13.3. The van der Waals surface area contributed by atoms with E-state index < -0.39 is 38.2 Å². The summed E-state index contributed by atoms with van der Waals surface area (Å²) < 4.78 is 36.6. The van der Waals surface area contributed by atoms with Crippen LogP contribution in [0.5, 0.6) is 5.75 Å². The quantitative estimate of drug-likeness (QED) is 0.862. The molecule has 0 saturated heterocycles. The number of hydrogen-bond acceptors (Lipinski definition) is 4. The number of carbonyl (C=O) groups is 1. The number of hydrogen-bond donors (Lipinski definition) is 2. The number of phenolic OH excluding ortho intramolecular Hbond substituents is 1. The molecule has 1 atom stereocenters. The highest BCUT2D eigenvalue weighted by atomic mass is 32.2. The van der Waals surface area contributed by atoms with Gasteiger partial charge >= 0.3 is 5.97 Å². The molecule has 0 aromatic heterocycles. The lowest BCUT2D eigenvalue weighted by Gasteiger charge is -2.11. The molecule has 0 radical (unpaired) electrons. The van der Waals surface area contributed by atoms with Gasteiger partial charge in [-0.1, -0.05) is 13.0 Å². The smallest absolute Gasteiger partial charge is 0.306 e. The van der Waals surface area contributed by atoms with Gasteiger partial charge in [0, 0.05) is 6.26 Å². The van der Waals surface area contributed by atoms with Crippen LogP contribution in [0, 0.1) is 11.7 Å². The summed E-state index contributed by atoms with van der Waals surface area (Å²) in [6.07, 6.45) is 0.625. The Kier molecular flexibility index (Phi) is 3.95. The Hall–Kier alpha value is -1.63. The van der Waals surface area contributed by atoms with Gasteiger partial charge < -0.3 is 10.2 Å². The second-order valence-electron chi connectivity index (χ2n) is 4.10. The third kappa shape index (κ3) is 2.98. The summed E-state index contributed by atoms with van der Waals surface area (Å²) in [6.45, 7) is 1.38. The van der Waals surface area contributed by atoms with Crippen molar-refractivity contribution in [1.29, 1.82) is 0 Å². The lowest BCUT2D eigenvalue weighted by Crippen LogP contribution is -2.14. The van der Waals surface area contributed by atoms with Gasteiger partial charge in [0.25, 0.3) is 0 Å². The van der Waals surface area contributed by atoms with Crippen LogP contribution in [0.3, 0.4) is 0 Å². The number of rotatable bonds is 4. The maximum absolute atomic E-state index is 13.9. The van der Waals surface area contributed by atoms with Crippen molar-refractivity contribution in [3.05, 3.63) is 23.5 Å². The van der Waals surface area contributed by atoms with E-state index in [4.69, 9.17) is 5.11 Å². The predicted molar refractivity (Wildman–Crippen MR) is 61.7 cm³/mol. The molecule has 0 aliphatic carbocycles. The van der Waals surface area contributed by atoms with Gasteiger partial charge in [-0.25, -0.2) is 12.8 Å². The first kappa shape index (κ1) is 14.4. The molecule has 0 amide bonds. The van der Waals surface area contributed by atoms with E-state index in [-0.39, 0.29) is 12.0 Å². The number of sulfone groups is 1. The number of phenols is 1. The highest BCUT2D eigenvalue weighted by molar-refractivity contribution is 7.90. The van der Waals surface area contributed by atoms with Gasteiger partial charge in [-0.3, -0.25) is 4.79 Å². The second kappa shape index (κ2) is 4.93. The van der Waals surface area contributed by atoms with Gasteiger partial charge in [-0.2, -0.15) is 0 Å². The molecule has 2 N–H and O–H groups in total. The van der Waals surface area contributed by atoms with E-state index in [0.717, 1.165) is 12.3 Å². The van der Waals surface area contributed by atoms with Crippen molar-refractivity contribution >= 4 is 15.8 Å². The number of carboxylic acids is 1. The van der Waals surface area contributed by atoms with Gasteiger partial charge in [-0.05, 0) is 18.1 Å². The lowest BCUT2D eigenvalue weighted by molar-refractivity contribution is -0.141. The molecular formula is C11H13FO5S. The van der Waals surface area contributed by atoms with Gasteiger partial charge in [0.15, 0.2) is 9.84 Å². The Morgan fingerprint density at radius 3 is 2.44 bits per heavy atom. The third-order valence-corrected chi connectivity index (χ3v) is 3.60. The van der Waals surface area contributed by atoms with E-state index in [1.54, 1.807) is 0 Å². The molecular weight excluding hydrogens is 263 g/mol. The zero-order chi connectivity index (χ0) is 14.1. The summed E-state index contributed by atoms with van der Waals surface area (Å²) in [4.78, 5) is 9.88. The number of aromatic hydroxyl groups is 1. The van der Waals surface area contributed by atoms with Crippen molar-refractivity contribution in [1.82, 2.24) is 0 Å². The number of aliphatic carboxylic acids is 1. The highest BCUT2D eigenvalue weighted by Gasteiger charge is 2.23. The maximum atomic E-state index is 13.9. The minimum atomic E-state index is -3.92. The summed E-state index contributed by atoms with van der Waals surface area (Å²) >= 11 is 0. The lowest BCUT2D eigenvalue weighted by atomic mass is 10.0. The number of halogens is 1. The topological polar surface area (TPSA) is 91.7 Å². The van der Waals surface area contributed by atoms with Crippen LogP contribution in [0.4, 0.5) is 4.39 Å². The minimum absolute atomic E-state index is 0.0527. The first-order chi connectivity index (χ1) is 8.14. The minimum Gasteiger partial charge on any atom is -0.506 e. The highest BCUT2D eigenvalue weighted by Crippen LogP contribution is 2.29. The average Bonchev–Trinajstić information content (AvgIpc) is 2.20. The van der Waals surface area contributed by atoms with Crippen LogP contribution < -0.4 is 0 Å². The molecule has 1 aromatic rings. The fourth-order valence-corrected chi connectivity index (χ4v) is 2.42. The van der Waals surface area contributed by atoms with E-state index in [0.29, 0.717) is 0 Å². The SMILES string of the molecule is CC(Cc1ccc(O)c(S(C)(=O)=O)c1F)C(=O)O. The van der Waals surface area contributed by atoms with Gasteiger partial charge in [-0.15, -0.1) is 0 Å². The Bertz CT molecular complexity index is 579. The van der Waals surface area contributed by atoms with Crippen LogP contribution >= 0.6 is 0 Å². The standard InChI is InChI=1S/C11H13FO5S/c1-6(11(14)15)5-7-3-4-8(13)10(9(7)12)18(2,16)17/h3-4,6,13H,5H2,1-2H3,(H,14,15).